The summed E-state index contributed by atoms with van der Waals surface area (Å²) in [6, 6.07) is 22.2. The fourth-order valence-electron chi connectivity index (χ4n) is 4.76. The molecule has 8 heteroatoms. The van der Waals surface area contributed by atoms with Gasteiger partial charge in [0.25, 0.3) is 0 Å². The lowest BCUT2D eigenvalue weighted by atomic mass is 9.98. The van der Waals surface area contributed by atoms with Gasteiger partial charge < -0.3 is 15.0 Å². The van der Waals surface area contributed by atoms with Crippen LogP contribution in [0.15, 0.2) is 72.9 Å². The summed E-state index contributed by atoms with van der Waals surface area (Å²) in [6.07, 6.45) is 1.71. The van der Waals surface area contributed by atoms with Crippen LogP contribution in [-0.2, 0) is 4.74 Å². The second-order valence-electron chi connectivity index (χ2n) is 8.95. The number of piperazine rings is 1. The molecule has 0 saturated carbocycles. The Morgan fingerprint density at radius 2 is 1.71 bits per heavy atom. The van der Waals surface area contributed by atoms with E-state index in [9.17, 15) is 10.1 Å². The third-order valence-electron chi connectivity index (χ3n) is 6.69. The van der Waals surface area contributed by atoms with E-state index >= 15 is 0 Å². The molecule has 0 radical (unpaired) electrons. The summed E-state index contributed by atoms with van der Waals surface area (Å²) in [5.41, 5.74) is 2.79. The van der Waals surface area contributed by atoms with Crippen LogP contribution in [0.25, 0.3) is 0 Å². The molecule has 2 fully saturated rings. The van der Waals surface area contributed by atoms with Crippen molar-refractivity contribution in [2.45, 2.75) is 25.0 Å². The summed E-state index contributed by atoms with van der Waals surface area (Å²) in [4.78, 5) is 20.8. The third kappa shape index (κ3) is 4.60. The van der Waals surface area contributed by atoms with Crippen LogP contribution < -0.4 is 10.2 Å². The number of ether oxygens (including phenoxy) is 1. The van der Waals surface area contributed by atoms with Crippen LogP contribution in [0.3, 0.4) is 0 Å². The van der Waals surface area contributed by atoms with Crippen molar-refractivity contribution in [3.8, 4) is 0 Å². The van der Waals surface area contributed by atoms with Crippen molar-refractivity contribution in [2.75, 3.05) is 43.1 Å². The standard InChI is InChI=1S/C26H29N5O3/c1-19-16-29(23-17-34-18-23)12-13-30(19)26-24(31(32)33)14-22(15-27-26)28-25(20-8-4-2-5-9-20)21-10-6-3-7-11-21/h2-11,14-15,19,23,25,28H,12-13,16-18H2,1H3/t19-/m0/s1. The SMILES string of the molecule is C[C@H]1CN(C2COC2)CCN1c1ncc(NC(c2ccccc2)c2ccccc2)cc1[N+](=O)[O-]. The Morgan fingerprint density at radius 3 is 2.24 bits per heavy atom. The molecular weight excluding hydrogens is 430 g/mol. The summed E-state index contributed by atoms with van der Waals surface area (Å²) in [5.74, 6) is 0.434. The molecule has 2 aliphatic heterocycles. The van der Waals surface area contributed by atoms with Gasteiger partial charge in [-0.1, -0.05) is 60.7 Å². The van der Waals surface area contributed by atoms with E-state index in [-0.39, 0.29) is 22.7 Å². The van der Waals surface area contributed by atoms with E-state index in [0.717, 1.165) is 37.4 Å². The molecule has 0 aliphatic carbocycles. The van der Waals surface area contributed by atoms with Gasteiger partial charge >= 0.3 is 5.69 Å². The average molecular weight is 460 g/mol. The van der Waals surface area contributed by atoms with E-state index < -0.39 is 0 Å². The van der Waals surface area contributed by atoms with Crippen LogP contribution >= 0.6 is 0 Å². The van der Waals surface area contributed by atoms with E-state index in [1.165, 1.54) is 0 Å². The maximum Gasteiger partial charge on any atom is 0.313 e. The van der Waals surface area contributed by atoms with Gasteiger partial charge in [-0.25, -0.2) is 4.98 Å². The molecule has 34 heavy (non-hydrogen) atoms. The first-order valence-electron chi connectivity index (χ1n) is 11.7. The predicted molar refractivity (Wildman–Crippen MR) is 132 cm³/mol. The Labute approximate surface area is 199 Å². The Balaban J connectivity index is 1.41. The molecule has 0 amide bonds. The highest BCUT2D eigenvalue weighted by Gasteiger charge is 2.35. The first-order valence-corrected chi connectivity index (χ1v) is 11.7. The number of nitrogens with one attached hydrogen (secondary N) is 1. The predicted octanol–water partition coefficient (Wildman–Crippen LogP) is 4.10. The topological polar surface area (TPSA) is 83.8 Å². The lowest BCUT2D eigenvalue weighted by Gasteiger charge is -2.45. The zero-order valence-electron chi connectivity index (χ0n) is 19.2. The van der Waals surface area contributed by atoms with E-state index in [1.54, 1.807) is 12.3 Å². The summed E-state index contributed by atoms with van der Waals surface area (Å²) >= 11 is 0. The number of aromatic nitrogens is 1. The monoisotopic (exact) mass is 459 g/mol. The fourth-order valence-corrected chi connectivity index (χ4v) is 4.76. The summed E-state index contributed by atoms with van der Waals surface area (Å²) in [6.45, 7) is 6.04. The number of nitrogens with zero attached hydrogens (tertiary/aromatic N) is 4. The van der Waals surface area contributed by atoms with Crippen molar-refractivity contribution in [3.05, 3.63) is 94.2 Å². The van der Waals surface area contributed by atoms with Crippen molar-refractivity contribution >= 4 is 17.2 Å². The molecular formula is C26H29N5O3. The minimum Gasteiger partial charge on any atom is -0.378 e. The van der Waals surface area contributed by atoms with Gasteiger partial charge in [0.05, 0.1) is 42.1 Å². The lowest BCUT2D eigenvalue weighted by molar-refractivity contribution is -0.384. The Morgan fingerprint density at radius 1 is 1.06 bits per heavy atom. The Bertz CT molecular complexity index is 1080. The average Bonchev–Trinajstić information content (AvgIpc) is 2.83. The minimum absolute atomic E-state index is 0.0251. The number of rotatable bonds is 7. The van der Waals surface area contributed by atoms with Crippen LogP contribution in [-0.4, -0.2) is 59.7 Å². The van der Waals surface area contributed by atoms with E-state index in [4.69, 9.17) is 4.74 Å². The lowest BCUT2D eigenvalue weighted by Crippen LogP contribution is -2.59. The van der Waals surface area contributed by atoms with Gasteiger partial charge in [-0.2, -0.15) is 0 Å². The molecule has 3 aromatic rings. The largest absolute Gasteiger partial charge is 0.378 e. The van der Waals surface area contributed by atoms with Gasteiger partial charge in [-0.05, 0) is 18.1 Å². The quantitative estimate of drug-likeness (QED) is 0.421. The molecule has 2 aromatic carbocycles. The van der Waals surface area contributed by atoms with Crippen molar-refractivity contribution < 1.29 is 9.66 Å². The molecule has 0 bridgehead atoms. The first kappa shape index (κ1) is 22.3. The highest BCUT2D eigenvalue weighted by molar-refractivity contribution is 5.65. The van der Waals surface area contributed by atoms with E-state index in [0.29, 0.717) is 24.1 Å². The fraction of sp³-hybridized carbons (Fsp3) is 0.346. The molecule has 1 atom stereocenters. The zero-order valence-corrected chi connectivity index (χ0v) is 19.2. The van der Waals surface area contributed by atoms with Crippen LogP contribution in [0.2, 0.25) is 0 Å². The van der Waals surface area contributed by atoms with Crippen molar-refractivity contribution in [3.63, 3.8) is 0 Å². The maximum atomic E-state index is 12.1. The maximum absolute atomic E-state index is 12.1. The van der Waals surface area contributed by atoms with Crippen LogP contribution in [0.4, 0.5) is 17.2 Å². The number of benzene rings is 2. The molecule has 8 nitrogen and oxygen atoms in total. The summed E-state index contributed by atoms with van der Waals surface area (Å²) < 4.78 is 5.33. The van der Waals surface area contributed by atoms with E-state index in [1.807, 2.05) is 36.4 Å². The van der Waals surface area contributed by atoms with Crippen molar-refractivity contribution in [1.29, 1.82) is 0 Å². The zero-order chi connectivity index (χ0) is 23.5. The van der Waals surface area contributed by atoms with Gasteiger partial charge in [-0.3, -0.25) is 15.0 Å². The van der Waals surface area contributed by atoms with Gasteiger partial charge in [0.2, 0.25) is 5.82 Å². The van der Waals surface area contributed by atoms with Gasteiger partial charge in [0, 0.05) is 31.7 Å². The Hall–Kier alpha value is -3.49. The molecule has 1 aromatic heterocycles. The molecule has 0 spiro atoms. The van der Waals surface area contributed by atoms with Crippen LogP contribution in [0.1, 0.15) is 24.1 Å². The second-order valence-corrected chi connectivity index (χ2v) is 8.95. The Kier molecular flexibility index (Phi) is 6.42. The number of pyridine rings is 1. The molecule has 1 N–H and O–H groups in total. The molecule has 2 saturated heterocycles. The number of hydrogen-bond acceptors (Lipinski definition) is 7. The molecule has 5 rings (SSSR count). The molecule has 2 aliphatic rings. The number of anilines is 2. The smallest absolute Gasteiger partial charge is 0.313 e. The van der Waals surface area contributed by atoms with Crippen LogP contribution in [0.5, 0.6) is 0 Å². The van der Waals surface area contributed by atoms with Crippen LogP contribution in [0, 0.1) is 10.1 Å². The van der Waals surface area contributed by atoms with Gasteiger partial charge in [0.15, 0.2) is 0 Å². The second kappa shape index (κ2) is 9.79. The van der Waals surface area contributed by atoms with Crippen molar-refractivity contribution in [2.24, 2.45) is 0 Å². The molecule has 3 heterocycles. The molecule has 176 valence electrons. The summed E-state index contributed by atoms with van der Waals surface area (Å²) in [5, 5.41) is 15.5. The highest BCUT2D eigenvalue weighted by atomic mass is 16.6. The first-order chi connectivity index (χ1) is 16.6. The van der Waals surface area contributed by atoms with Crippen molar-refractivity contribution in [1.82, 2.24) is 9.88 Å². The number of hydrogen-bond donors (Lipinski definition) is 1. The van der Waals surface area contributed by atoms with Gasteiger partial charge in [0.1, 0.15) is 0 Å². The van der Waals surface area contributed by atoms with Gasteiger partial charge in [-0.15, -0.1) is 0 Å². The highest BCUT2D eigenvalue weighted by Crippen LogP contribution is 2.34. The third-order valence-corrected chi connectivity index (χ3v) is 6.69. The molecule has 0 unspecified atom stereocenters. The summed E-state index contributed by atoms with van der Waals surface area (Å²) in [7, 11) is 0. The minimum atomic E-state index is -0.327. The van der Waals surface area contributed by atoms with E-state index in [2.05, 4.69) is 51.3 Å². The normalized spacial score (nSPS) is 19.1. The number of nitro groups is 1.